The molecule has 0 N–H and O–H groups in total. The molecular weight excluding hydrogens is 276 g/mol. The Kier molecular flexibility index (Phi) is 5.25. The molecule has 1 aromatic carbocycles. The molecule has 0 saturated heterocycles. The Morgan fingerprint density at radius 3 is 2.79 bits per heavy atom. The van der Waals surface area contributed by atoms with Gasteiger partial charge < -0.3 is 4.74 Å². The molecule has 0 aliphatic carbocycles. The average molecular weight is 290 g/mol. The topological polar surface area (TPSA) is 45.9 Å². The minimum Gasteiger partial charge on any atom is -0.494 e. The van der Waals surface area contributed by atoms with E-state index in [4.69, 9.17) is 10.00 Å². The van der Waals surface area contributed by atoms with E-state index in [1.54, 1.807) is 35.2 Å². The van der Waals surface area contributed by atoms with Gasteiger partial charge in [-0.05, 0) is 37.6 Å². The van der Waals surface area contributed by atoms with Gasteiger partial charge in [0.15, 0.2) is 0 Å². The molecule has 0 radical (unpaired) electrons. The van der Waals surface area contributed by atoms with Crippen LogP contribution in [0.3, 0.4) is 0 Å². The van der Waals surface area contributed by atoms with E-state index in [9.17, 15) is 0 Å². The molecule has 1 heterocycles. The number of rotatable bonds is 6. The van der Waals surface area contributed by atoms with E-state index >= 15 is 0 Å². The number of nitrogens with zero attached hydrogens (tertiary/aromatic N) is 2. The highest BCUT2D eigenvalue weighted by Crippen LogP contribution is 2.22. The molecule has 3 nitrogen and oxygen atoms in total. The largest absolute Gasteiger partial charge is 0.494 e. The number of aromatic nitrogens is 1. The normalized spacial score (nSPS) is 10.1. The van der Waals surface area contributed by atoms with Gasteiger partial charge in [-0.15, -0.1) is 11.3 Å². The number of hydrogen-bond donors (Lipinski definition) is 0. The second-order valence-electron chi connectivity index (χ2n) is 3.94. The van der Waals surface area contributed by atoms with Gasteiger partial charge in [0.1, 0.15) is 10.1 Å². The summed E-state index contributed by atoms with van der Waals surface area (Å²) in [7, 11) is 0. The summed E-state index contributed by atoms with van der Waals surface area (Å²) < 4.78 is 6.73. The van der Waals surface area contributed by atoms with E-state index < -0.39 is 0 Å². The summed E-state index contributed by atoms with van der Waals surface area (Å²) in [6.07, 6.45) is 0.975. The van der Waals surface area contributed by atoms with Crippen LogP contribution in [-0.2, 0) is 0 Å². The fraction of sp³-hybridized carbons (Fsp3) is 0.286. The summed E-state index contributed by atoms with van der Waals surface area (Å²) in [6, 6.07) is 9.28. The van der Waals surface area contributed by atoms with Crippen LogP contribution in [0.25, 0.3) is 0 Å². The van der Waals surface area contributed by atoms with Crippen molar-refractivity contribution in [2.45, 2.75) is 17.7 Å². The van der Waals surface area contributed by atoms with Crippen LogP contribution in [0.15, 0.2) is 34.0 Å². The number of benzene rings is 1. The van der Waals surface area contributed by atoms with Crippen LogP contribution in [-0.4, -0.2) is 17.3 Å². The van der Waals surface area contributed by atoms with Gasteiger partial charge in [0.2, 0.25) is 0 Å². The lowest BCUT2D eigenvalue weighted by molar-refractivity contribution is 0.318. The van der Waals surface area contributed by atoms with Gasteiger partial charge in [0, 0.05) is 16.8 Å². The van der Waals surface area contributed by atoms with E-state index in [0.29, 0.717) is 12.2 Å². The zero-order chi connectivity index (χ0) is 13.5. The highest BCUT2D eigenvalue weighted by atomic mass is 32.2. The molecule has 19 heavy (non-hydrogen) atoms. The second-order valence-corrected chi connectivity index (χ2v) is 6.14. The molecule has 0 amide bonds. The van der Waals surface area contributed by atoms with Gasteiger partial charge in [-0.25, -0.2) is 4.98 Å². The van der Waals surface area contributed by atoms with Crippen LogP contribution in [0.1, 0.15) is 17.7 Å². The summed E-state index contributed by atoms with van der Waals surface area (Å²) in [6.45, 7) is 2.69. The van der Waals surface area contributed by atoms with Crippen LogP contribution in [0.4, 0.5) is 0 Å². The van der Waals surface area contributed by atoms with Crippen LogP contribution in [0.5, 0.6) is 5.75 Å². The first kappa shape index (κ1) is 13.9. The van der Waals surface area contributed by atoms with Crippen LogP contribution in [0, 0.1) is 18.3 Å². The lowest BCUT2D eigenvalue weighted by Gasteiger charge is -2.05. The Morgan fingerprint density at radius 2 is 2.16 bits per heavy atom. The van der Waals surface area contributed by atoms with Crippen molar-refractivity contribution in [3.8, 4) is 11.8 Å². The first-order valence-electron chi connectivity index (χ1n) is 5.96. The van der Waals surface area contributed by atoms with Gasteiger partial charge in [0.05, 0.1) is 18.2 Å². The predicted molar refractivity (Wildman–Crippen MR) is 78.8 cm³/mol. The number of thioether (sulfide) groups is 1. The summed E-state index contributed by atoms with van der Waals surface area (Å²) in [5.41, 5.74) is 1.74. The zero-order valence-electron chi connectivity index (χ0n) is 10.6. The number of nitriles is 1. The lowest BCUT2D eigenvalue weighted by atomic mass is 10.2. The maximum Gasteiger partial charge on any atom is 0.150 e. The summed E-state index contributed by atoms with van der Waals surface area (Å²) in [4.78, 5) is 4.40. The first-order valence-corrected chi connectivity index (χ1v) is 7.82. The van der Waals surface area contributed by atoms with Crippen molar-refractivity contribution in [3.05, 3.63) is 40.9 Å². The van der Waals surface area contributed by atoms with Crippen molar-refractivity contribution in [3.63, 3.8) is 0 Å². The lowest BCUT2D eigenvalue weighted by Crippen LogP contribution is -1.98. The molecule has 1 aromatic heterocycles. The SMILES string of the molecule is Cc1csc(SCCCOc2ccc(C#N)cc2)n1. The van der Waals surface area contributed by atoms with Gasteiger partial charge in [0.25, 0.3) is 0 Å². The van der Waals surface area contributed by atoms with Gasteiger partial charge >= 0.3 is 0 Å². The third kappa shape index (κ3) is 4.58. The molecule has 0 unspecified atom stereocenters. The third-order valence-electron chi connectivity index (χ3n) is 2.36. The Bertz CT molecular complexity index is 558. The van der Waals surface area contributed by atoms with E-state index in [2.05, 4.69) is 16.4 Å². The second kappa shape index (κ2) is 7.17. The molecule has 98 valence electrons. The predicted octanol–water partition coefficient (Wildman–Crippen LogP) is 3.88. The minimum absolute atomic E-state index is 0.655. The number of aryl methyl sites for hydroxylation is 1. The third-order valence-corrected chi connectivity index (χ3v) is 4.59. The molecule has 5 heteroatoms. The molecular formula is C14H14N2OS2. The molecule has 0 fully saturated rings. The maximum atomic E-state index is 8.69. The molecule has 0 atom stereocenters. The molecule has 0 aliphatic heterocycles. The van der Waals surface area contributed by atoms with Crippen molar-refractivity contribution in [2.24, 2.45) is 0 Å². The summed E-state index contributed by atoms with van der Waals surface area (Å²) in [5, 5.41) is 10.8. The first-order chi connectivity index (χ1) is 9.28. The Balaban J connectivity index is 1.65. The molecule has 2 aromatic rings. The molecule has 0 saturated carbocycles. The van der Waals surface area contributed by atoms with Crippen LogP contribution >= 0.6 is 23.1 Å². The molecule has 0 spiro atoms. The summed E-state index contributed by atoms with van der Waals surface area (Å²) in [5.74, 6) is 1.82. The van der Waals surface area contributed by atoms with Crippen LogP contribution < -0.4 is 4.74 Å². The smallest absolute Gasteiger partial charge is 0.150 e. The monoisotopic (exact) mass is 290 g/mol. The van der Waals surface area contributed by atoms with Gasteiger partial charge in [-0.1, -0.05) is 11.8 Å². The quantitative estimate of drug-likeness (QED) is 0.598. The van der Waals surface area contributed by atoms with Crippen molar-refractivity contribution in [1.29, 1.82) is 5.26 Å². The summed E-state index contributed by atoms with van der Waals surface area (Å²) >= 11 is 3.46. The molecule has 2 rings (SSSR count). The van der Waals surface area contributed by atoms with Crippen molar-refractivity contribution in [1.82, 2.24) is 4.98 Å². The van der Waals surface area contributed by atoms with E-state index in [0.717, 1.165) is 28.0 Å². The molecule has 0 bridgehead atoms. The number of hydrogen-bond acceptors (Lipinski definition) is 5. The van der Waals surface area contributed by atoms with E-state index in [1.165, 1.54) is 0 Å². The van der Waals surface area contributed by atoms with Crippen molar-refractivity contribution >= 4 is 23.1 Å². The van der Waals surface area contributed by atoms with Crippen LogP contribution in [0.2, 0.25) is 0 Å². The van der Waals surface area contributed by atoms with Crippen molar-refractivity contribution in [2.75, 3.05) is 12.4 Å². The maximum absolute atomic E-state index is 8.69. The molecule has 0 aliphatic rings. The van der Waals surface area contributed by atoms with Gasteiger partial charge in [-0.3, -0.25) is 0 Å². The van der Waals surface area contributed by atoms with Crippen molar-refractivity contribution < 1.29 is 4.74 Å². The van der Waals surface area contributed by atoms with E-state index in [1.807, 2.05) is 19.1 Å². The Morgan fingerprint density at radius 1 is 1.37 bits per heavy atom. The fourth-order valence-corrected chi connectivity index (χ4v) is 3.27. The number of thiazole rings is 1. The standard InChI is InChI=1S/C14H14N2OS2/c1-11-10-19-14(16-11)18-8-2-7-17-13-5-3-12(9-15)4-6-13/h3-6,10H,2,7-8H2,1H3. The minimum atomic E-state index is 0.655. The average Bonchev–Trinajstić information content (AvgIpc) is 2.85. The highest BCUT2D eigenvalue weighted by molar-refractivity contribution is 8.00. The Labute approximate surface area is 121 Å². The van der Waals surface area contributed by atoms with E-state index in [-0.39, 0.29) is 0 Å². The number of ether oxygens (including phenoxy) is 1. The highest BCUT2D eigenvalue weighted by Gasteiger charge is 1.99. The Hall–Kier alpha value is -1.51. The van der Waals surface area contributed by atoms with Gasteiger partial charge in [-0.2, -0.15) is 5.26 Å². The fourth-order valence-electron chi connectivity index (χ4n) is 1.43. The zero-order valence-corrected chi connectivity index (χ0v) is 12.3.